The molecule has 1 aliphatic carbocycles. The summed E-state index contributed by atoms with van der Waals surface area (Å²) in [6.45, 7) is 4.61. The number of benzene rings is 2. The van der Waals surface area contributed by atoms with E-state index in [4.69, 9.17) is 5.73 Å². The van der Waals surface area contributed by atoms with Crippen LogP contribution in [0.5, 0.6) is 0 Å². The fourth-order valence-electron chi connectivity index (χ4n) is 5.13. The third-order valence-electron chi connectivity index (χ3n) is 7.34. The Hall–Kier alpha value is -2.95. The Kier molecular flexibility index (Phi) is 9.07. The molecule has 2 fully saturated rings. The number of sulfonamides is 1. The molecule has 0 bridgehead atoms. The van der Waals surface area contributed by atoms with Crippen molar-refractivity contribution in [1.82, 2.24) is 14.5 Å². The maximum atomic E-state index is 13.7. The van der Waals surface area contributed by atoms with E-state index in [2.05, 4.69) is 24.5 Å². The molecule has 206 valence electrons. The first-order valence-electron chi connectivity index (χ1n) is 13.4. The molecule has 1 unspecified atom stereocenters. The average molecular weight is 542 g/mol. The van der Waals surface area contributed by atoms with Crippen LogP contribution in [0.2, 0.25) is 0 Å². The van der Waals surface area contributed by atoms with Gasteiger partial charge in [-0.25, -0.2) is 13.2 Å². The first kappa shape index (κ1) is 28.1. The largest absolute Gasteiger partial charge is 0.350 e. The van der Waals surface area contributed by atoms with Crippen molar-refractivity contribution in [2.24, 2.45) is 5.73 Å². The van der Waals surface area contributed by atoms with Crippen molar-refractivity contribution in [2.45, 2.75) is 75.9 Å². The van der Waals surface area contributed by atoms with Gasteiger partial charge in [-0.2, -0.15) is 4.31 Å². The van der Waals surface area contributed by atoms with E-state index in [1.54, 1.807) is 24.3 Å². The molecule has 1 aliphatic heterocycles. The molecule has 1 heterocycles. The fourth-order valence-corrected chi connectivity index (χ4v) is 6.83. The monoisotopic (exact) mass is 541 g/mol. The molecule has 4 N–H and O–H groups in total. The fraction of sp³-hybridized carbons (Fsp3) is 0.500. The number of carbonyl (C=O) groups is 2. The van der Waals surface area contributed by atoms with Crippen LogP contribution in [0.4, 0.5) is 10.5 Å². The van der Waals surface area contributed by atoms with Gasteiger partial charge in [-0.3, -0.25) is 9.69 Å². The highest BCUT2D eigenvalue weighted by molar-refractivity contribution is 7.88. The SMILES string of the molecule is CC(C)c1ccc(NC(=O)N2CCCN(S(=O)(=O)Cc3ccccc3)C2C(=O)NC2CCC(N)CC2)cc1. The van der Waals surface area contributed by atoms with E-state index in [1.165, 1.54) is 9.21 Å². The Labute approximate surface area is 225 Å². The first-order valence-corrected chi connectivity index (χ1v) is 15.0. The summed E-state index contributed by atoms with van der Waals surface area (Å²) in [5, 5.41) is 5.88. The highest BCUT2D eigenvalue weighted by Gasteiger charge is 2.44. The van der Waals surface area contributed by atoms with E-state index < -0.39 is 28.1 Å². The van der Waals surface area contributed by atoms with Crippen LogP contribution in [0.15, 0.2) is 54.6 Å². The van der Waals surface area contributed by atoms with E-state index >= 15 is 0 Å². The van der Waals surface area contributed by atoms with Gasteiger partial charge in [0, 0.05) is 30.9 Å². The van der Waals surface area contributed by atoms with Gasteiger partial charge in [0.2, 0.25) is 10.0 Å². The molecule has 9 nitrogen and oxygen atoms in total. The van der Waals surface area contributed by atoms with Gasteiger partial charge in [-0.1, -0.05) is 56.3 Å². The maximum Gasteiger partial charge on any atom is 0.323 e. The highest BCUT2D eigenvalue weighted by Crippen LogP contribution is 2.25. The molecule has 3 amide bonds. The summed E-state index contributed by atoms with van der Waals surface area (Å²) < 4.78 is 28.4. The molecular weight excluding hydrogens is 502 g/mol. The third kappa shape index (κ3) is 6.92. The van der Waals surface area contributed by atoms with Crippen molar-refractivity contribution in [3.63, 3.8) is 0 Å². The van der Waals surface area contributed by atoms with Gasteiger partial charge in [-0.15, -0.1) is 0 Å². The van der Waals surface area contributed by atoms with E-state index in [0.717, 1.165) is 31.2 Å². The Morgan fingerprint density at radius 1 is 0.974 bits per heavy atom. The molecule has 0 spiro atoms. The van der Waals surface area contributed by atoms with Crippen molar-refractivity contribution < 1.29 is 18.0 Å². The van der Waals surface area contributed by atoms with Crippen LogP contribution in [-0.4, -0.2) is 60.9 Å². The van der Waals surface area contributed by atoms with E-state index in [9.17, 15) is 18.0 Å². The normalized spacial score (nSPS) is 22.7. The molecule has 1 atom stereocenters. The summed E-state index contributed by atoms with van der Waals surface area (Å²) in [6.07, 6.45) is 2.19. The third-order valence-corrected chi connectivity index (χ3v) is 9.13. The van der Waals surface area contributed by atoms with Gasteiger partial charge < -0.3 is 16.4 Å². The lowest BCUT2D eigenvalue weighted by Crippen LogP contribution is -2.65. The Balaban J connectivity index is 1.58. The van der Waals surface area contributed by atoms with Crippen molar-refractivity contribution >= 4 is 27.6 Å². The first-order chi connectivity index (χ1) is 18.1. The summed E-state index contributed by atoms with van der Waals surface area (Å²) in [5.74, 6) is -0.373. The van der Waals surface area contributed by atoms with Crippen molar-refractivity contribution in [2.75, 3.05) is 18.4 Å². The number of hydrogen-bond donors (Lipinski definition) is 3. The molecule has 38 heavy (non-hydrogen) atoms. The Morgan fingerprint density at radius 2 is 1.63 bits per heavy atom. The zero-order valence-electron chi connectivity index (χ0n) is 22.2. The van der Waals surface area contributed by atoms with Gasteiger partial charge in [0.05, 0.1) is 5.75 Å². The van der Waals surface area contributed by atoms with E-state index in [1.807, 2.05) is 30.3 Å². The van der Waals surface area contributed by atoms with Crippen LogP contribution in [0.1, 0.15) is 63.0 Å². The number of rotatable bonds is 7. The van der Waals surface area contributed by atoms with E-state index in [-0.39, 0.29) is 30.9 Å². The smallest absolute Gasteiger partial charge is 0.323 e. The summed E-state index contributed by atoms with van der Waals surface area (Å²) in [4.78, 5) is 28.5. The molecule has 2 aliphatic rings. The quantitative estimate of drug-likeness (QED) is 0.494. The minimum absolute atomic E-state index is 0.101. The summed E-state index contributed by atoms with van der Waals surface area (Å²) in [7, 11) is -3.90. The second-order valence-electron chi connectivity index (χ2n) is 10.6. The second-order valence-corrected chi connectivity index (χ2v) is 12.5. The van der Waals surface area contributed by atoms with Crippen LogP contribution in [0, 0.1) is 0 Å². The summed E-state index contributed by atoms with van der Waals surface area (Å²) in [6, 6.07) is 15.9. The van der Waals surface area contributed by atoms with Crippen LogP contribution in [0.25, 0.3) is 0 Å². The molecule has 2 aromatic rings. The van der Waals surface area contributed by atoms with Crippen LogP contribution in [-0.2, 0) is 20.6 Å². The number of nitrogens with two attached hydrogens (primary N) is 1. The number of anilines is 1. The predicted molar refractivity (Wildman–Crippen MR) is 149 cm³/mol. The van der Waals surface area contributed by atoms with Gasteiger partial charge >= 0.3 is 6.03 Å². The van der Waals surface area contributed by atoms with Crippen LogP contribution < -0.4 is 16.4 Å². The molecule has 4 rings (SSSR count). The molecular formula is C28H39N5O4S. The van der Waals surface area contributed by atoms with Crippen molar-refractivity contribution in [1.29, 1.82) is 0 Å². The minimum Gasteiger partial charge on any atom is -0.350 e. The van der Waals surface area contributed by atoms with Gasteiger partial charge in [0.15, 0.2) is 6.17 Å². The summed E-state index contributed by atoms with van der Waals surface area (Å²) in [5.41, 5.74) is 8.38. The standard InChI is InChI=1S/C28H39N5O4S/c1-20(2)22-9-13-25(14-10-22)31-28(35)32-17-6-18-33(38(36,37)19-21-7-4-3-5-8-21)27(32)26(34)30-24-15-11-23(29)12-16-24/h3-5,7-10,13-14,20,23-24,27H,6,11-12,15-19,29H2,1-2H3,(H,30,34)(H,31,35). The number of nitrogens with one attached hydrogen (secondary N) is 2. The number of urea groups is 1. The molecule has 0 radical (unpaired) electrons. The topological polar surface area (TPSA) is 125 Å². The minimum atomic E-state index is -3.90. The molecule has 10 heteroatoms. The van der Waals surface area contributed by atoms with Crippen LogP contribution >= 0.6 is 0 Å². The van der Waals surface area contributed by atoms with Crippen molar-refractivity contribution in [3.8, 4) is 0 Å². The average Bonchev–Trinajstić information content (AvgIpc) is 2.90. The van der Waals surface area contributed by atoms with Crippen LogP contribution in [0.3, 0.4) is 0 Å². The Bertz CT molecular complexity index is 1200. The van der Waals surface area contributed by atoms with Crippen molar-refractivity contribution in [3.05, 3.63) is 65.7 Å². The number of nitrogens with zero attached hydrogens (tertiary/aromatic N) is 2. The lowest BCUT2D eigenvalue weighted by molar-refractivity contribution is -0.131. The molecule has 2 aromatic carbocycles. The highest BCUT2D eigenvalue weighted by atomic mass is 32.2. The number of hydrogen-bond acceptors (Lipinski definition) is 5. The predicted octanol–water partition coefficient (Wildman–Crippen LogP) is 3.59. The lowest BCUT2D eigenvalue weighted by atomic mass is 9.92. The van der Waals surface area contributed by atoms with E-state index in [0.29, 0.717) is 23.6 Å². The summed E-state index contributed by atoms with van der Waals surface area (Å²) >= 11 is 0. The maximum absolute atomic E-state index is 13.7. The number of carbonyl (C=O) groups excluding carboxylic acids is 2. The second kappa shape index (κ2) is 12.3. The van der Waals surface area contributed by atoms with Gasteiger partial charge in [0.25, 0.3) is 5.91 Å². The van der Waals surface area contributed by atoms with Gasteiger partial charge in [0.1, 0.15) is 0 Å². The molecule has 1 saturated carbocycles. The zero-order valence-corrected chi connectivity index (χ0v) is 23.0. The number of amides is 3. The van der Waals surface area contributed by atoms with Gasteiger partial charge in [-0.05, 0) is 61.3 Å². The molecule has 1 saturated heterocycles. The Morgan fingerprint density at radius 3 is 2.26 bits per heavy atom. The molecule has 0 aromatic heterocycles. The zero-order chi connectivity index (χ0) is 27.3. The lowest BCUT2D eigenvalue weighted by Gasteiger charge is -2.42.